The van der Waals surface area contributed by atoms with Gasteiger partial charge >= 0.3 is 6.09 Å². The number of anilines is 2. The summed E-state index contributed by atoms with van der Waals surface area (Å²) in [6.45, 7) is 9.17. The van der Waals surface area contributed by atoms with Crippen molar-refractivity contribution in [2.45, 2.75) is 26.4 Å². The van der Waals surface area contributed by atoms with E-state index in [1.54, 1.807) is 51.2 Å². The normalized spacial score (nSPS) is 11.1. The highest BCUT2D eigenvalue weighted by atomic mass is 16.6. The maximum absolute atomic E-state index is 11.5. The molecule has 3 N–H and O–H groups in total. The summed E-state index contributed by atoms with van der Waals surface area (Å²) in [7, 11) is 0. The number of nitro benzene ring substituents is 1. The number of nitriles is 1. The number of ether oxygens (including phenoxy) is 6. The minimum absolute atomic E-state index is 0.0484. The van der Waals surface area contributed by atoms with Gasteiger partial charge < -0.3 is 39.1 Å². The average Bonchev–Trinajstić information content (AvgIpc) is 3.42. The van der Waals surface area contributed by atoms with Gasteiger partial charge in [0.2, 0.25) is 5.88 Å². The van der Waals surface area contributed by atoms with Gasteiger partial charge in [0.25, 0.3) is 5.69 Å². The summed E-state index contributed by atoms with van der Waals surface area (Å²) in [6, 6.07) is 11.3. The van der Waals surface area contributed by atoms with Crippen LogP contribution in [0, 0.1) is 21.4 Å². The predicted octanol–water partition coefficient (Wildman–Crippen LogP) is 3.97. The van der Waals surface area contributed by atoms with E-state index in [0.717, 1.165) is 0 Å². The van der Waals surface area contributed by atoms with Crippen molar-refractivity contribution in [2.24, 2.45) is 0 Å². The lowest BCUT2D eigenvalue weighted by atomic mass is 10.1. The van der Waals surface area contributed by atoms with E-state index in [-0.39, 0.29) is 17.9 Å². The number of carbonyl (C=O) groups is 1. The molecule has 3 aromatic rings. The Morgan fingerprint density at radius 3 is 2.15 bits per heavy atom. The van der Waals surface area contributed by atoms with Gasteiger partial charge in [0, 0.05) is 42.2 Å². The fraction of sp³-hybridized carbons (Fsp3) is 0.467. The van der Waals surface area contributed by atoms with Crippen molar-refractivity contribution in [1.82, 2.24) is 20.5 Å². The zero-order valence-electron chi connectivity index (χ0n) is 26.1. The van der Waals surface area contributed by atoms with Crippen molar-refractivity contribution in [3.05, 3.63) is 58.3 Å². The first-order valence-corrected chi connectivity index (χ1v) is 14.5. The zero-order valence-corrected chi connectivity index (χ0v) is 26.1. The van der Waals surface area contributed by atoms with Crippen LogP contribution < -0.4 is 15.4 Å². The van der Waals surface area contributed by atoms with E-state index in [1.165, 1.54) is 12.1 Å². The zero-order chi connectivity index (χ0) is 33.2. The Labute approximate surface area is 266 Å². The summed E-state index contributed by atoms with van der Waals surface area (Å²) in [5.41, 5.74) is 1.30. The molecule has 46 heavy (non-hydrogen) atoms. The molecule has 0 spiro atoms. The summed E-state index contributed by atoms with van der Waals surface area (Å²) in [5, 5.41) is 33.3. The molecule has 0 atom stereocenters. The largest absolute Gasteiger partial charge is 0.475 e. The Morgan fingerprint density at radius 1 is 0.957 bits per heavy atom. The summed E-state index contributed by atoms with van der Waals surface area (Å²) in [5.74, 6) is 0.648. The van der Waals surface area contributed by atoms with Gasteiger partial charge in [0.1, 0.15) is 23.8 Å². The van der Waals surface area contributed by atoms with E-state index in [9.17, 15) is 20.2 Å². The van der Waals surface area contributed by atoms with Crippen LogP contribution in [-0.2, 0) is 23.7 Å². The molecule has 2 heterocycles. The van der Waals surface area contributed by atoms with Crippen LogP contribution in [0.2, 0.25) is 0 Å². The molecule has 1 aromatic carbocycles. The number of nitrogens with zero attached hydrogens (tertiary/aromatic N) is 4. The Kier molecular flexibility index (Phi) is 14.6. The lowest BCUT2D eigenvalue weighted by Gasteiger charge is -2.19. The molecule has 16 heteroatoms. The summed E-state index contributed by atoms with van der Waals surface area (Å²) >= 11 is 0. The van der Waals surface area contributed by atoms with Gasteiger partial charge in [0.05, 0.1) is 63.5 Å². The SMILES string of the molecule is CC(C)(C)OC(=O)NCCOCCOCCOCCOCCOc1cc(Nc2n[nH]c(-c3ccc([N+](=O)[O-])cc3)c2C#N)ccn1. The number of aromatic nitrogens is 3. The fourth-order valence-corrected chi connectivity index (χ4v) is 3.71. The number of carbonyl (C=O) groups excluding carboxylic acids is 1. The van der Waals surface area contributed by atoms with E-state index >= 15 is 0 Å². The number of alkyl carbamates (subject to hydrolysis) is 1. The molecule has 0 fully saturated rings. The number of aromatic amines is 1. The van der Waals surface area contributed by atoms with Crippen LogP contribution in [0.15, 0.2) is 42.6 Å². The van der Waals surface area contributed by atoms with Crippen molar-refractivity contribution < 1.29 is 38.1 Å². The van der Waals surface area contributed by atoms with Gasteiger partial charge in [-0.25, -0.2) is 9.78 Å². The van der Waals surface area contributed by atoms with Crippen molar-refractivity contribution >= 4 is 23.3 Å². The molecular weight excluding hydrogens is 602 g/mol. The fourth-order valence-electron chi connectivity index (χ4n) is 3.71. The summed E-state index contributed by atoms with van der Waals surface area (Å²) < 4.78 is 32.6. The number of benzene rings is 1. The molecule has 0 aliphatic carbocycles. The van der Waals surface area contributed by atoms with Gasteiger partial charge in [-0.3, -0.25) is 15.2 Å². The molecule has 0 aliphatic heterocycles. The number of non-ortho nitro benzene ring substituents is 1. The predicted molar refractivity (Wildman–Crippen MR) is 166 cm³/mol. The number of nitrogens with one attached hydrogen (secondary N) is 3. The van der Waals surface area contributed by atoms with E-state index in [2.05, 4.69) is 31.9 Å². The Bertz CT molecular complexity index is 1420. The minimum Gasteiger partial charge on any atom is -0.475 e. The maximum Gasteiger partial charge on any atom is 0.407 e. The van der Waals surface area contributed by atoms with Gasteiger partial charge in [-0.15, -0.1) is 0 Å². The van der Waals surface area contributed by atoms with Crippen LogP contribution in [0.25, 0.3) is 11.3 Å². The number of hydrogen-bond donors (Lipinski definition) is 3. The van der Waals surface area contributed by atoms with Crippen LogP contribution in [-0.4, -0.2) is 97.8 Å². The first-order chi connectivity index (χ1) is 22.2. The van der Waals surface area contributed by atoms with Crippen molar-refractivity contribution in [1.29, 1.82) is 5.26 Å². The molecule has 16 nitrogen and oxygen atoms in total. The monoisotopic (exact) mass is 641 g/mol. The van der Waals surface area contributed by atoms with Crippen molar-refractivity contribution in [3.8, 4) is 23.2 Å². The average molecular weight is 642 g/mol. The number of amides is 1. The molecule has 0 unspecified atom stereocenters. The third-order valence-electron chi connectivity index (χ3n) is 5.75. The molecule has 3 rings (SSSR count). The van der Waals surface area contributed by atoms with Crippen molar-refractivity contribution in [3.63, 3.8) is 0 Å². The summed E-state index contributed by atoms with van der Waals surface area (Å²) in [6.07, 6.45) is 1.08. The maximum atomic E-state index is 11.5. The van der Waals surface area contributed by atoms with Crippen LogP contribution in [0.3, 0.4) is 0 Å². The minimum atomic E-state index is -0.532. The third kappa shape index (κ3) is 13.0. The highest BCUT2D eigenvalue weighted by Crippen LogP contribution is 2.29. The first kappa shape index (κ1) is 35.7. The van der Waals surface area contributed by atoms with Gasteiger partial charge in [-0.1, -0.05) is 0 Å². The van der Waals surface area contributed by atoms with Gasteiger partial charge in [0.15, 0.2) is 5.82 Å². The highest BCUT2D eigenvalue weighted by molar-refractivity contribution is 5.76. The molecule has 2 aromatic heterocycles. The molecule has 0 saturated carbocycles. The quantitative estimate of drug-likeness (QED) is 0.0908. The second-order valence-electron chi connectivity index (χ2n) is 10.5. The topological polar surface area (TPSA) is 205 Å². The van der Waals surface area contributed by atoms with Gasteiger partial charge in [-0.2, -0.15) is 10.4 Å². The number of nitro groups is 1. The van der Waals surface area contributed by atoms with E-state index in [4.69, 9.17) is 28.4 Å². The Morgan fingerprint density at radius 2 is 1.57 bits per heavy atom. The van der Waals surface area contributed by atoms with Gasteiger partial charge in [-0.05, 0) is 39.0 Å². The molecule has 0 bridgehead atoms. The Balaban J connectivity index is 1.23. The number of hydrogen-bond acceptors (Lipinski definition) is 13. The molecule has 248 valence electrons. The molecule has 0 saturated heterocycles. The molecule has 0 radical (unpaired) electrons. The van der Waals surface area contributed by atoms with E-state index in [1.807, 2.05) is 0 Å². The van der Waals surface area contributed by atoms with Crippen LogP contribution in [0.5, 0.6) is 5.88 Å². The van der Waals surface area contributed by atoms with E-state index < -0.39 is 16.6 Å². The van der Waals surface area contributed by atoms with Crippen LogP contribution >= 0.6 is 0 Å². The second-order valence-corrected chi connectivity index (χ2v) is 10.5. The van der Waals surface area contributed by atoms with Crippen molar-refractivity contribution in [2.75, 3.05) is 71.3 Å². The molecule has 0 aliphatic rings. The lowest BCUT2D eigenvalue weighted by molar-refractivity contribution is -0.384. The Hall–Kier alpha value is -4.82. The molecular formula is C30H39N7O9. The smallest absolute Gasteiger partial charge is 0.407 e. The molecule has 1 amide bonds. The standard InChI is InChI=1S/C30H39N7O9/c1-30(2,3)46-29(38)33-10-11-41-12-13-42-14-15-43-16-17-44-18-19-45-26-20-23(8-9-32-26)34-28-25(21-31)27(35-36-28)22-4-6-24(7-5-22)37(39)40/h4-9,20H,10-19H2,1-3H3,(H,33,38)(H2,32,34,35,36). The summed E-state index contributed by atoms with van der Waals surface area (Å²) in [4.78, 5) is 26.1. The number of rotatable bonds is 20. The van der Waals surface area contributed by atoms with Crippen LogP contribution in [0.1, 0.15) is 26.3 Å². The van der Waals surface area contributed by atoms with Crippen LogP contribution in [0.4, 0.5) is 22.0 Å². The first-order valence-electron chi connectivity index (χ1n) is 14.5. The number of pyridine rings is 1. The van der Waals surface area contributed by atoms with E-state index in [0.29, 0.717) is 88.0 Å². The number of H-pyrrole nitrogens is 1. The highest BCUT2D eigenvalue weighted by Gasteiger charge is 2.17. The third-order valence-corrected chi connectivity index (χ3v) is 5.75. The second kappa shape index (κ2) is 18.9. The lowest BCUT2D eigenvalue weighted by Crippen LogP contribution is -2.34.